The highest BCUT2D eigenvalue weighted by molar-refractivity contribution is 8.00. The third-order valence-electron chi connectivity index (χ3n) is 3.56. The average Bonchev–Trinajstić information content (AvgIpc) is 2.61. The lowest BCUT2D eigenvalue weighted by molar-refractivity contribution is -0.113. The van der Waals surface area contributed by atoms with Crippen LogP contribution in [-0.2, 0) is 9.53 Å². The second-order valence-electron chi connectivity index (χ2n) is 5.33. The van der Waals surface area contributed by atoms with Crippen molar-refractivity contribution in [3.05, 3.63) is 59.7 Å². The minimum atomic E-state index is -0.889. The summed E-state index contributed by atoms with van der Waals surface area (Å²) in [4.78, 5) is 36.9. The van der Waals surface area contributed by atoms with Crippen LogP contribution in [-0.4, -0.2) is 29.5 Å². The number of fused-ring (bicyclic) bond motifs is 1. The van der Waals surface area contributed by atoms with E-state index >= 15 is 0 Å². The van der Waals surface area contributed by atoms with Crippen molar-refractivity contribution >= 4 is 35.1 Å². The monoisotopic (exact) mass is 341 g/mol. The van der Waals surface area contributed by atoms with Crippen LogP contribution < -0.4 is 5.32 Å². The first-order valence-corrected chi connectivity index (χ1v) is 8.40. The van der Waals surface area contributed by atoms with Gasteiger partial charge in [0.1, 0.15) is 0 Å². The van der Waals surface area contributed by atoms with Crippen molar-refractivity contribution < 1.29 is 19.1 Å². The third kappa shape index (κ3) is 3.49. The molecule has 0 radical (unpaired) electrons. The van der Waals surface area contributed by atoms with Gasteiger partial charge in [-0.3, -0.25) is 9.59 Å². The van der Waals surface area contributed by atoms with Crippen LogP contribution in [0.2, 0.25) is 0 Å². The van der Waals surface area contributed by atoms with Crippen LogP contribution in [0, 0.1) is 0 Å². The zero-order valence-corrected chi connectivity index (χ0v) is 13.8. The van der Waals surface area contributed by atoms with Gasteiger partial charge in [-0.25, -0.2) is 4.79 Å². The molecule has 0 aliphatic carbocycles. The van der Waals surface area contributed by atoms with Crippen molar-refractivity contribution in [3.8, 4) is 0 Å². The summed E-state index contributed by atoms with van der Waals surface area (Å²) in [6.45, 7) is 1.54. The molecule has 2 aromatic rings. The zero-order chi connectivity index (χ0) is 17.1. The number of amides is 1. The molecular formula is C18H15NO4S. The Hall–Kier alpha value is -2.60. The molecule has 1 aliphatic rings. The van der Waals surface area contributed by atoms with Crippen molar-refractivity contribution in [3.63, 3.8) is 0 Å². The molecule has 0 spiro atoms. The van der Waals surface area contributed by atoms with Gasteiger partial charge in [-0.2, -0.15) is 0 Å². The van der Waals surface area contributed by atoms with Crippen LogP contribution in [0.25, 0.3) is 0 Å². The van der Waals surface area contributed by atoms with E-state index in [-0.39, 0.29) is 11.7 Å². The second kappa shape index (κ2) is 6.88. The van der Waals surface area contributed by atoms with Gasteiger partial charge < -0.3 is 10.1 Å². The number of Topliss-reactive ketones (excluding diaryl/α,β-unsaturated/α-hetero) is 1. The summed E-state index contributed by atoms with van der Waals surface area (Å²) in [5.74, 6) is -0.602. The molecular weight excluding hydrogens is 326 g/mol. The van der Waals surface area contributed by atoms with Gasteiger partial charge >= 0.3 is 5.97 Å². The normalized spacial score (nSPS) is 14.3. The van der Waals surface area contributed by atoms with E-state index in [2.05, 4.69) is 5.32 Å². The summed E-state index contributed by atoms with van der Waals surface area (Å²) in [6, 6.07) is 13.6. The lowest BCUT2D eigenvalue weighted by Crippen LogP contribution is -2.25. The molecule has 1 heterocycles. The molecule has 2 aromatic carbocycles. The summed E-state index contributed by atoms with van der Waals surface area (Å²) < 4.78 is 5.26. The molecule has 0 fully saturated rings. The fourth-order valence-corrected chi connectivity index (χ4v) is 3.12. The summed E-state index contributed by atoms with van der Waals surface area (Å²) in [7, 11) is 0. The number of benzene rings is 2. The van der Waals surface area contributed by atoms with Gasteiger partial charge in [0, 0.05) is 10.5 Å². The van der Waals surface area contributed by atoms with Crippen LogP contribution >= 0.6 is 11.8 Å². The van der Waals surface area contributed by atoms with Crippen molar-refractivity contribution in [2.24, 2.45) is 0 Å². The van der Waals surface area contributed by atoms with E-state index in [9.17, 15) is 14.4 Å². The van der Waals surface area contributed by atoms with E-state index in [1.807, 2.05) is 6.07 Å². The molecule has 0 bridgehead atoms. The summed E-state index contributed by atoms with van der Waals surface area (Å²) in [5.41, 5.74) is 1.38. The SMILES string of the molecule is CC(OC(=O)c1ccc2c(c1)NC(=O)CS2)C(=O)c1ccccc1. The van der Waals surface area contributed by atoms with Crippen LogP contribution in [0.3, 0.4) is 0 Å². The quantitative estimate of drug-likeness (QED) is 0.683. The van der Waals surface area contributed by atoms with Crippen LogP contribution in [0.5, 0.6) is 0 Å². The number of carbonyl (C=O) groups excluding carboxylic acids is 3. The number of nitrogens with one attached hydrogen (secondary N) is 1. The van der Waals surface area contributed by atoms with Crippen molar-refractivity contribution in [1.82, 2.24) is 0 Å². The highest BCUT2D eigenvalue weighted by Gasteiger charge is 2.22. The van der Waals surface area contributed by atoms with Crippen molar-refractivity contribution in [2.45, 2.75) is 17.9 Å². The first-order chi connectivity index (χ1) is 11.5. The molecule has 1 unspecified atom stereocenters. The predicted molar refractivity (Wildman–Crippen MR) is 91.4 cm³/mol. The van der Waals surface area contributed by atoms with Gasteiger partial charge in [-0.1, -0.05) is 30.3 Å². The van der Waals surface area contributed by atoms with Gasteiger partial charge in [-0.15, -0.1) is 11.8 Å². The van der Waals surface area contributed by atoms with Crippen molar-refractivity contribution in [1.29, 1.82) is 0 Å². The number of carbonyl (C=O) groups is 3. The Labute approximate surface area is 143 Å². The number of hydrogen-bond acceptors (Lipinski definition) is 5. The third-order valence-corrected chi connectivity index (χ3v) is 4.63. The molecule has 6 heteroatoms. The van der Waals surface area contributed by atoms with Gasteiger partial charge in [0.05, 0.1) is 17.0 Å². The number of anilines is 1. The van der Waals surface area contributed by atoms with Gasteiger partial charge in [0.2, 0.25) is 11.7 Å². The van der Waals surface area contributed by atoms with E-state index in [4.69, 9.17) is 4.74 Å². The molecule has 1 atom stereocenters. The van der Waals surface area contributed by atoms with Gasteiger partial charge in [0.15, 0.2) is 6.10 Å². The number of thioether (sulfide) groups is 1. The summed E-state index contributed by atoms with van der Waals surface area (Å²) in [5, 5.41) is 2.72. The minimum absolute atomic E-state index is 0.106. The van der Waals surface area contributed by atoms with Crippen molar-refractivity contribution in [2.75, 3.05) is 11.1 Å². The largest absolute Gasteiger partial charge is 0.451 e. The van der Waals surface area contributed by atoms with E-state index in [0.717, 1.165) is 4.90 Å². The number of ether oxygens (including phenoxy) is 1. The standard InChI is InChI=1S/C18H15NO4S/c1-11(17(21)12-5-3-2-4-6-12)23-18(22)13-7-8-15-14(9-13)19-16(20)10-24-15/h2-9,11H,10H2,1H3,(H,19,20). The van der Waals surface area contributed by atoms with Crippen LogP contribution in [0.4, 0.5) is 5.69 Å². The smallest absolute Gasteiger partial charge is 0.338 e. The Kier molecular flexibility index (Phi) is 4.66. The molecule has 24 heavy (non-hydrogen) atoms. The van der Waals surface area contributed by atoms with Crippen LogP contribution in [0.15, 0.2) is 53.4 Å². The first-order valence-electron chi connectivity index (χ1n) is 7.41. The molecule has 1 N–H and O–H groups in total. The lowest BCUT2D eigenvalue weighted by Gasteiger charge is -2.17. The second-order valence-corrected chi connectivity index (χ2v) is 6.34. The maximum atomic E-state index is 12.3. The number of rotatable bonds is 4. The molecule has 1 aliphatic heterocycles. The lowest BCUT2D eigenvalue weighted by atomic mass is 10.1. The molecule has 3 rings (SSSR count). The van der Waals surface area contributed by atoms with E-state index in [0.29, 0.717) is 22.6 Å². The summed E-state index contributed by atoms with van der Waals surface area (Å²) in [6.07, 6.45) is -0.889. The van der Waals surface area contributed by atoms with Crippen LogP contribution in [0.1, 0.15) is 27.6 Å². The Morgan fingerprint density at radius 3 is 2.62 bits per heavy atom. The first kappa shape index (κ1) is 16.3. The van der Waals surface area contributed by atoms with Gasteiger partial charge in [0.25, 0.3) is 0 Å². The molecule has 122 valence electrons. The highest BCUT2D eigenvalue weighted by atomic mass is 32.2. The molecule has 0 saturated heterocycles. The molecule has 0 aromatic heterocycles. The Morgan fingerprint density at radius 2 is 1.88 bits per heavy atom. The number of ketones is 1. The highest BCUT2D eigenvalue weighted by Crippen LogP contribution is 2.32. The Bertz CT molecular complexity index is 804. The number of hydrogen-bond donors (Lipinski definition) is 1. The fourth-order valence-electron chi connectivity index (χ4n) is 2.33. The fraction of sp³-hybridized carbons (Fsp3) is 0.167. The molecule has 5 nitrogen and oxygen atoms in total. The molecule has 0 saturated carbocycles. The Morgan fingerprint density at radius 1 is 1.12 bits per heavy atom. The molecule has 1 amide bonds. The Balaban J connectivity index is 1.72. The maximum Gasteiger partial charge on any atom is 0.338 e. The maximum absolute atomic E-state index is 12.3. The zero-order valence-electron chi connectivity index (χ0n) is 12.9. The summed E-state index contributed by atoms with van der Waals surface area (Å²) >= 11 is 1.42. The predicted octanol–water partition coefficient (Wildman–Crippen LogP) is 3.16. The number of esters is 1. The average molecular weight is 341 g/mol. The van der Waals surface area contributed by atoms with Gasteiger partial charge in [-0.05, 0) is 25.1 Å². The topological polar surface area (TPSA) is 72.5 Å². The van der Waals surface area contributed by atoms with E-state index in [1.54, 1.807) is 49.4 Å². The van der Waals surface area contributed by atoms with E-state index < -0.39 is 12.1 Å². The minimum Gasteiger partial charge on any atom is -0.451 e. The van der Waals surface area contributed by atoms with E-state index in [1.165, 1.54) is 11.8 Å².